The van der Waals surface area contributed by atoms with E-state index in [0.29, 0.717) is 10.0 Å². The summed E-state index contributed by atoms with van der Waals surface area (Å²) in [4.78, 5) is 16.0. The summed E-state index contributed by atoms with van der Waals surface area (Å²) >= 11 is 6.86. The maximum absolute atomic E-state index is 13.6. The molecule has 0 aliphatic carbocycles. The average molecular weight is 404 g/mol. The van der Waals surface area contributed by atoms with Crippen molar-refractivity contribution in [2.45, 2.75) is 9.92 Å². The Morgan fingerprint density at radius 2 is 2.04 bits per heavy atom. The van der Waals surface area contributed by atoms with Crippen molar-refractivity contribution in [3.63, 3.8) is 0 Å². The second-order valence-corrected chi connectivity index (χ2v) is 8.66. The molecule has 0 saturated carbocycles. The van der Waals surface area contributed by atoms with E-state index in [9.17, 15) is 17.6 Å². The van der Waals surface area contributed by atoms with Crippen LogP contribution in [0.25, 0.3) is 0 Å². The van der Waals surface area contributed by atoms with Crippen LogP contribution in [-0.4, -0.2) is 43.5 Å². The van der Waals surface area contributed by atoms with E-state index in [1.54, 1.807) is 0 Å². The lowest BCUT2D eigenvalue weighted by molar-refractivity contribution is -0.113. The minimum atomic E-state index is -3.55. The van der Waals surface area contributed by atoms with Crippen molar-refractivity contribution < 1.29 is 17.6 Å². The van der Waals surface area contributed by atoms with Crippen LogP contribution >= 0.6 is 23.4 Å². The summed E-state index contributed by atoms with van der Waals surface area (Å²) in [6.07, 6.45) is 1.23. The lowest BCUT2D eigenvalue weighted by Crippen LogP contribution is -2.22. The fraction of sp³-hybridized carbons (Fsp3) is 0.200. The zero-order valence-corrected chi connectivity index (χ0v) is 15.8. The van der Waals surface area contributed by atoms with Crippen LogP contribution < -0.4 is 5.32 Å². The third-order valence-corrected chi connectivity index (χ3v) is 6.02. The minimum Gasteiger partial charge on any atom is -0.323 e. The Kier molecular flexibility index (Phi) is 6.39. The first-order valence-corrected chi connectivity index (χ1v) is 9.77. The smallest absolute Gasteiger partial charge is 0.244 e. The summed E-state index contributed by atoms with van der Waals surface area (Å²) in [5, 5.41) is 3.20. The summed E-state index contributed by atoms with van der Waals surface area (Å²) in [6.45, 7) is 0. The van der Waals surface area contributed by atoms with Gasteiger partial charge in [-0.25, -0.2) is 22.1 Å². The van der Waals surface area contributed by atoms with Crippen molar-refractivity contribution in [1.82, 2.24) is 9.29 Å². The summed E-state index contributed by atoms with van der Waals surface area (Å²) in [5.74, 6) is -1.03. The number of hydrogen-bond donors (Lipinski definition) is 1. The van der Waals surface area contributed by atoms with Gasteiger partial charge in [0.1, 0.15) is 10.7 Å². The molecule has 2 aromatic rings. The molecular formula is C15H15ClFN3O3S2. The Hall–Kier alpha value is -1.68. The van der Waals surface area contributed by atoms with E-state index < -0.39 is 21.7 Å². The summed E-state index contributed by atoms with van der Waals surface area (Å²) < 4.78 is 38.5. The van der Waals surface area contributed by atoms with Crippen LogP contribution in [0.3, 0.4) is 0 Å². The van der Waals surface area contributed by atoms with Gasteiger partial charge >= 0.3 is 0 Å². The molecule has 0 fully saturated rings. The van der Waals surface area contributed by atoms with Crippen molar-refractivity contribution in [1.29, 1.82) is 0 Å². The van der Waals surface area contributed by atoms with E-state index in [1.807, 2.05) is 0 Å². The number of aromatic nitrogens is 1. The Morgan fingerprint density at radius 1 is 1.32 bits per heavy atom. The second-order valence-electron chi connectivity index (χ2n) is 5.08. The number of halogens is 2. The van der Waals surface area contributed by atoms with Gasteiger partial charge in [0, 0.05) is 25.3 Å². The zero-order valence-electron chi connectivity index (χ0n) is 13.4. The van der Waals surface area contributed by atoms with Gasteiger partial charge in [0.25, 0.3) is 0 Å². The normalized spacial score (nSPS) is 11.6. The molecule has 1 heterocycles. The topological polar surface area (TPSA) is 79.4 Å². The van der Waals surface area contributed by atoms with Gasteiger partial charge in [0.15, 0.2) is 0 Å². The quantitative estimate of drug-likeness (QED) is 0.750. The predicted octanol–water partition coefficient (Wildman–Crippen LogP) is 2.86. The van der Waals surface area contributed by atoms with Gasteiger partial charge in [0.05, 0.1) is 16.5 Å². The molecule has 1 aromatic heterocycles. The standard InChI is InChI=1S/C15H15ClFN3O3S2/c1-20(2)25(22,23)11-4-6-15(18-8-11)24-9-14(21)19-13-7-10(16)3-5-12(13)17/h3-8H,9H2,1-2H3,(H,19,21). The molecule has 10 heteroatoms. The minimum absolute atomic E-state index is 0.00140. The highest BCUT2D eigenvalue weighted by atomic mass is 35.5. The second kappa shape index (κ2) is 8.13. The van der Waals surface area contributed by atoms with Crippen LogP contribution in [0.2, 0.25) is 5.02 Å². The van der Waals surface area contributed by atoms with Gasteiger partial charge in [0.2, 0.25) is 15.9 Å². The first kappa shape index (κ1) is 19.6. The molecule has 0 aliphatic heterocycles. The molecule has 0 bridgehead atoms. The lowest BCUT2D eigenvalue weighted by atomic mass is 10.3. The molecule has 134 valence electrons. The number of rotatable bonds is 6. The molecule has 1 aromatic carbocycles. The van der Waals surface area contributed by atoms with Gasteiger partial charge in [-0.05, 0) is 30.3 Å². The number of hydrogen-bond acceptors (Lipinski definition) is 5. The first-order chi connectivity index (χ1) is 11.7. The molecule has 2 rings (SSSR count). The van der Waals surface area contributed by atoms with Crippen LogP contribution in [-0.2, 0) is 14.8 Å². The van der Waals surface area contributed by atoms with Gasteiger partial charge < -0.3 is 5.32 Å². The van der Waals surface area contributed by atoms with E-state index in [1.165, 1.54) is 44.6 Å². The maximum atomic E-state index is 13.6. The van der Waals surface area contributed by atoms with Crippen LogP contribution in [0.4, 0.5) is 10.1 Å². The fourth-order valence-corrected chi connectivity index (χ4v) is 3.40. The largest absolute Gasteiger partial charge is 0.323 e. The van der Waals surface area contributed by atoms with Gasteiger partial charge in [-0.2, -0.15) is 0 Å². The Bertz CT molecular complexity index is 874. The number of nitrogens with zero attached hydrogens (tertiary/aromatic N) is 2. The molecule has 0 unspecified atom stereocenters. The van der Waals surface area contributed by atoms with Crippen LogP contribution in [0, 0.1) is 5.82 Å². The molecule has 0 spiro atoms. The van der Waals surface area contributed by atoms with Crippen molar-refractivity contribution in [3.05, 3.63) is 47.4 Å². The molecule has 0 radical (unpaired) electrons. The molecule has 6 nitrogen and oxygen atoms in total. The molecule has 0 aliphatic rings. The fourth-order valence-electron chi connectivity index (χ4n) is 1.73. The van der Waals surface area contributed by atoms with E-state index >= 15 is 0 Å². The Morgan fingerprint density at radius 3 is 2.64 bits per heavy atom. The summed E-state index contributed by atoms with van der Waals surface area (Å²) in [7, 11) is -0.691. The molecule has 1 amide bonds. The number of sulfonamides is 1. The third kappa shape index (κ3) is 5.15. The van der Waals surface area contributed by atoms with Gasteiger partial charge in [-0.1, -0.05) is 23.4 Å². The van der Waals surface area contributed by atoms with Crippen molar-refractivity contribution in [2.24, 2.45) is 0 Å². The van der Waals surface area contributed by atoms with E-state index in [0.717, 1.165) is 22.1 Å². The number of carbonyl (C=O) groups excluding carboxylic acids is 1. The monoisotopic (exact) mass is 403 g/mol. The first-order valence-electron chi connectivity index (χ1n) is 6.96. The number of carbonyl (C=O) groups is 1. The third-order valence-electron chi connectivity index (χ3n) is 3.04. The van der Waals surface area contributed by atoms with Crippen molar-refractivity contribution in [3.8, 4) is 0 Å². The van der Waals surface area contributed by atoms with E-state index in [2.05, 4.69) is 10.3 Å². The molecule has 1 N–H and O–H groups in total. The SMILES string of the molecule is CN(C)S(=O)(=O)c1ccc(SCC(=O)Nc2cc(Cl)ccc2F)nc1. The lowest BCUT2D eigenvalue weighted by Gasteiger charge is -2.11. The Balaban J connectivity index is 1.97. The van der Waals surface area contributed by atoms with Crippen LogP contribution in [0.5, 0.6) is 0 Å². The zero-order chi connectivity index (χ0) is 18.6. The number of amides is 1. The van der Waals surface area contributed by atoms with Crippen molar-refractivity contribution >= 4 is 45.0 Å². The van der Waals surface area contributed by atoms with Gasteiger partial charge in [-0.3, -0.25) is 4.79 Å². The highest BCUT2D eigenvalue weighted by Crippen LogP contribution is 2.21. The number of thioether (sulfide) groups is 1. The number of pyridine rings is 1. The molecular weight excluding hydrogens is 389 g/mol. The highest BCUT2D eigenvalue weighted by Gasteiger charge is 2.17. The molecule has 0 saturated heterocycles. The highest BCUT2D eigenvalue weighted by molar-refractivity contribution is 7.99. The summed E-state index contributed by atoms with van der Waals surface area (Å²) in [6, 6.07) is 6.79. The molecule has 0 atom stereocenters. The van der Waals surface area contributed by atoms with Gasteiger partial charge in [-0.15, -0.1) is 0 Å². The van der Waals surface area contributed by atoms with E-state index in [-0.39, 0.29) is 16.3 Å². The van der Waals surface area contributed by atoms with Crippen LogP contribution in [0.1, 0.15) is 0 Å². The number of benzene rings is 1. The Labute approximate surface area is 154 Å². The summed E-state index contributed by atoms with van der Waals surface area (Å²) in [5.41, 5.74) is -0.00140. The predicted molar refractivity (Wildman–Crippen MR) is 95.9 cm³/mol. The number of nitrogens with one attached hydrogen (secondary N) is 1. The molecule has 25 heavy (non-hydrogen) atoms. The maximum Gasteiger partial charge on any atom is 0.244 e. The number of anilines is 1. The van der Waals surface area contributed by atoms with E-state index in [4.69, 9.17) is 11.6 Å². The van der Waals surface area contributed by atoms with Crippen LogP contribution in [0.15, 0.2) is 46.5 Å². The van der Waals surface area contributed by atoms with Crippen molar-refractivity contribution in [2.75, 3.05) is 25.2 Å². The average Bonchev–Trinajstić information content (AvgIpc) is 2.56.